The Bertz CT molecular complexity index is 729. The summed E-state index contributed by atoms with van der Waals surface area (Å²) in [5.74, 6) is 3.72. The van der Waals surface area contributed by atoms with Crippen molar-refractivity contribution in [2.24, 2.45) is 11.3 Å². The maximum absolute atomic E-state index is 12.6. The molecule has 2 rings (SSSR count). The van der Waals surface area contributed by atoms with Crippen molar-refractivity contribution in [2.45, 2.75) is 51.2 Å². The van der Waals surface area contributed by atoms with Gasteiger partial charge in [-0.15, -0.1) is 0 Å². The van der Waals surface area contributed by atoms with Gasteiger partial charge in [-0.2, -0.15) is 22.8 Å². The van der Waals surface area contributed by atoms with Crippen LogP contribution in [-0.4, -0.2) is 19.1 Å². The summed E-state index contributed by atoms with van der Waals surface area (Å²) in [4.78, 5) is 11.9. The lowest BCUT2D eigenvalue weighted by Gasteiger charge is -2.40. The Morgan fingerprint density at radius 3 is 2.19 bits per heavy atom. The second-order valence-corrected chi connectivity index (χ2v) is 6.65. The average Bonchev–Trinajstić information content (AvgIpc) is 2.62. The molecule has 1 aliphatic carbocycles. The summed E-state index contributed by atoms with van der Waals surface area (Å²) >= 11 is 0. The van der Waals surface area contributed by atoms with E-state index in [9.17, 15) is 27.6 Å². The number of nitriles is 1. The first-order valence-corrected chi connectivity index (χ1v) is 8.12. The fraction of sp³-hybridized carbons (Fsp3) is 0.529. The first-order chi connectivity index (χ1) is 12.7. The highest BCUT2D eigenvalue weighted by Crippen LogP contribution is 2.48. The quantitative estimate of drug-likeness (QED) is 0.337. The third-order valence-electron chi connectivity index (χ3n) is 5.03. The molecule has 1 aromatic carbocycles. The van der Waals surface area contributed by atoms with Gasteiger partial charge in [0, 0.05) is 5.41 Å². The molecule has 6 nitrogen and oxygen atoms in total. The fourth-order valence-corrected chi connectivity index (χ4v) is 3.28. The number of ether oxygens (including phenoxy) is 2. The van der Waals surface area contributed by atoms with Gasteiger partial charge in [0.15, 0.2) is 11.5 Å². The van der Waals surface area contributed by atoms with E-state index in [-0.39, 0.29) is 18.7 Å². The molecular formula is C17H19F4N3O3. The van der Waals surface area contributed by atoms with Crippen molar-refractivity contribution in [3.63, 3.8) is 0 Å². The van der Waals surface area contributed by atoms with E-state index in [1.165, 1.54) is 6.07 Å². The molecule has 0 radical (unpaired) electrons. The van der Waals surface area contributed by atoms with E-state index in [1.54, 1.807) is 6.92 Å². The number of benzene rings is 1. The Morgan fingerprint density at radius 2 is 1.70 bits per heavy atom. The second kappa shape index (κ2) is 8.00. The van der Waals surface area contributed by atoms with Crippen molar-refractivity contribution in [3.8, 4) is 17.6 Å². The van der Waals surface area contributed by atoms with Crippen LogP contribution in [0.1, 0.15) is 38.2 Å². The molecule has 1 aromatic rings. The topological polar surface area (TPSA) is 97.4 Å². The van der Waals surface area contributed by atoms with Gasteiger partial charge in [0.25, 0.3) is 0 Å². The molecule has 1 aliphatic rings. The molecule has 0 heterocycles. The number of nitrogens with two attached hydrogens (primary N) is 1. The Hall–Kier alpha value is -2.54. The van der Waals surface area contributed by atoms with E-state index < -0.39 is 35.6 Å². The number of nitrogens with one attached hydrogen (secondary N) is 1. The van der Waals surface area contributed by atoms with Crippen LogP contribution in [0.25, 0.3) is 0 Å². The molecule has 0 aliphatic heterocycles. The van der Waals surface area contributed by atoms with Gasteiger partial charge in [-0.3, -0.25) is 10.2 Å². The van der Waals surface area contributed by atoms with Crippen molar-refractivity contribution >= 4 is 5.91 Å². The first-order valence-electron chi connectivity index (χ1n) is 8.12. The normalized spacial score (nSPS) is 25.1. The first kappa shape index (κ1) is 20.8. The zero-order valence-corrected chi connectivity index (χ0v) is 14.5. The van der Waals surface area contributed by atoms with Crippen LogP contribution in [0.3, 0.4) is 0 Å². The number of carbonyl (C=O) groups excluding carboxylic acids is 1. The summed E-state index contributed by atoms with van der Waals surface area (Å²) in [6, 6.07) is 5.72. The van der Waals surface area contributed by atoms with Crippen molar-refractivity contribution in [1.29, 1.82) is 5.26 Å². The minimum Gasteiger partial charge on any atom is -0.431 e. The number of alkyl halides is 4. The number of hydrazine groups is 1. The molecule has 1 fully saturated rings. The van der Waals surface area contributed by atoms with Gasteiger partial charge in [0.2, 0.25) is 5.91 Å². The van der Waals surface area contributed by atoms with Crippen LogP contribution in [0.4, 0.5) is 17.6 Å². The number of rotatable bonds is 6. The van der Waals surface area contributed by atoms with Crippen LogP contribution in [0.15, 0.2) is 18.2 Å². The number of hydrogen-bond acceptors (Lipinski definition) is 5. The molecule has 0 aromatic heterocycles. The highest BCUT2D eigenvalue weighted by Gasteiger charge is 2.45. The smallest absolute Gasteiger partial charge is 0.387 e. The molecule has 1 saturated carbocycles. The summed E-state index contributed by atoms with van der Waals surface area (Å²) in [7, 11) is 0. The lowest BCUT2D eigenvalue weighted by atomic mass is 9.62. The van der Waals surface area contributed by atoms with E-state index in [0.29, 0.717) is 18.4 Å². The predicted molar refractivity (Wildman–Crippen MR) is 85.9 cm³/mol. The maximum atomic E-state index is 12.6. The van der Waals surface area contributed by atoms with Crippen LogP contribution in [0.5, 0.6) is 11.5 Å². The van der Waals surface area contributed by atoms with Crippen LogP contribution < -0.4 is 20.7 Å². The Kier molecular flexibility index (Phi) is 6.15. The molecule has 0 saturated heterocycles. The van der Waals surface area contributed by atoms with Gasteiger partial charge in [0.1, 0.15) is 0 Å². The van der Waals surface area contributed by atoms with Crippen molar-refractivity contribution < 1.29 is 31.8 Å². The van der Waals surface area contributed by atoms with E-state index in [0.717, 1.165) is 12.1 Å². The summed E-state index contributed by atoms with van der Waals surface area (Å²) in [6.07, 6.45) is 1.20. The molecule has 0 atom stereocenters. The zero-order valence-electron chi connectivity index (χ0n) is 14.5. The number of amides is 1. The van der Waals surface area contributed by atoms with Gasteiger partial charge < -0.3 is 9.47 Å². The standard InChI is InChI=1S/C17H19F4N3O3/c1-16(13(25)24-23)4-6-17(9-22,7-5-16)10-2-3-11(26-14(18)19)12(8-10)27-15(20)21/h2-3,8,14-15H,4-7,23H2,1H3,(H,24,25)/t16-,17-. The van der Waals surface area contributed by atoms with Crippen LogP contribution in [0, 0.1) is 16.7 Å². The maximum Gasteiger partial charge on any atom is 0.387 e. The van der Waals surface area contributed by atoms with Crippen molar-refractivity contribution in [3.05, 3.63) is 23.8 Å². The van der Waals surface area contributed by atoms with Gasteiger partial charge in [0.05, 0.1) is 11.5 Å². The Morgan fingerprint density at radius 1 is 1.15 bits per heavy atom. The van der Waals surface area contributed by atoms with Gasteiger partial charge in [-0.05, 0) is 43.4 Å². The lowest BCUT2D eigenvalue weighted by Crippen LogP contribution is -2.46. The Balaban J connectivity index is 2.35. The van der Waals surface area contributed by atoms with Crippen molar-refractivity contribution in [1.82, 2.24) is 5.43 Å². The average molecular weight is 389 g/mol. The molecule has 0 spiro atoms. The largest absolute Gasteiger partial charge is 0.431 e. The minimum atomic E-state index is -3.25. The van der Waals surface area contributed by atoms with Crippen LogP contribution in [0.2, 0.25) is 0 Å². The van der Waals surface area contributed by atoms with Crippen LogP contribution >= 0.6 is 0 Å². The lowest BCUT2D eigenvalue weighted by molar-refractivity contribution is -0.132. The number of carbonyl (C=O) groups is 1. The summed E-state index contributed by atoms with van der Waals surface area (Å²) in [6.45, 7) is -4.74. The third kappa shape index (κ3) is 4.42. The van der Waals surface area contributed by atoms with E-state index in [2.05, 4.69) is 21.0 Å². The monoisotopic (exact) mass is 389 g/mol. The molecule has 0 bridgehead atoms. The van der Waals surface area contributed by atoms with E-state index in [1.807, 2.05) is 0 Å². The molecule has 148 valence electrons. The fourth-order valence-electron chi connectivity index (χ4n) is 3.28. The summed E-state index contributed by atoms with van der Waals surface area (Å²) in [5.41, 5.74) is 0.610. The van der Waals surface area contributed by atoms with Gasteiger partial charge >= 0.3 is 13.2 Å². The van der Waals surface area contributed by atoms with Crippen LogP contribution in [-0.2, 0) is 10.2 Å². The van der Waals surface area contributed by atoms with E-state index >= 15 is 0 Å². The third-order valence-corrected chi connectivity index (χ3v) is 5.03. The van der Waals surface area contributed by atoms with Crippen molar-refractivity contribution in [2.75, 3.05) is 0 Å². The molecule has 0 unspecified atom stereocenters. The number of halogens is 4. The van der Waals surface area contributed by atoms with Gasteiger partial charge in [-0.1, -0.05) is 13.0 Å². The number of nitrogens with zero attached hydrogens (tertiary/aromatic N) is 1. The van der Waals surface area contributed by atoms with E-state index in [4.69, 9.17) is 5.84 Å². The molecular weight excluding hydrogens is 370 g/mol. The van der Waals surface area contributed by atoms with Gasteiger partial charge in [-0.25, -0.2) is 5.84 Å². The molecule has 10 heteroatoms. The summed E-state index contributed by atoms with van der Waals surface area (Å²) in [5, 5.41) is 9.73. The zero-order chi connectivity index (χ0) is 20.2. The highest BCUT2D eigenvalue weighted by atomic mass is 19.3. The molecule has 27 heavy (non-hydrogen) atoms. The highest BCUT2D eigenvalue weighted by molar-refractivity contribution is 5.81. The summed E-state index contributed by atoms with van der Waals surface area (Å²) < 4.78 is 58.7. The minimum absolute atomic E-state index is 0.261. The molecule has 3 N–H and O–H groups in total. The molecule has 1 amide bonds. The second-order valence-electron chi connectivity index (χ2n) is 6.65. The Labute approximate surface area is 153 Å². The number of hydrogen-bond donors (Lipinski definition) is 2. The SMILES string of the molecule is C[C@]1(C(=O)NN)CC[C@](C#N)(c2ccc(OC(F)F)c(OC(F)F)c2)CC1. The predicted octanol–water partition coefficient (Wildman–Crippen LogP) is 3.22.